The van der Waals surface area contributed by atoms with Gasteiger partial charge in [0.2, 0.25) is 23.6 Å². The minimum atomic E-state index is -1.55. The number of aromatic nitrogens is 1. The number of amides is 4. The van der Waals surface area contributed by atoms with Gasteiger partial charge in [-0.15, -0.1) is 0 Å². The zero-order valence-corrected chi connectivity index (χ0v) is 26.1. The topological polar surface area (TPSA) is 209 Å². The molecule has 0 radical (unpaired) electrons. The van der Waals surface area contributed by atoms with E-state index >= 15 is 0 Å². The maximum atomic E-state index is 13.3. The van der Waals surface area contributed by atoms with Crippen molar-refractivity contribution in [2.45, 2.75) is 64.2 Å². The summed E-state index contributed by atoms with van der Waals surface area (Å²) in [5, 5.41) is 27.8. The zero-order chi connectivity index (χ0) is 31.6. The lowest BCUT2D eigenvalue weighted by Gasteiger charge is -2.26. The van der Waals surface area contributed by atoms with Crippen molar-refractivity contribution in [2.75, 3.05) is 12.0 Å². The zero-order valence-electron chi connectivity index (χ0n) is 23.7. The fourth-order valence-corrected chi connectivity index (χ4v) is 5.18. The Hall–Kier alpha value is -3.59. The van der Waals surface area contributed by atoms with Crippen molar-refractivity contribution in [1.82, 2.24) is 26.3 Å². The highest BCUT2D eigenvalue weighted by Gasteiger charge is 2.35. The number of carbonyl (C=O) groups is 6. The van der Waals surface area contributed by atoms with Crippen LogP contribution in [0.4, 0.5) is 0 Å². The molecule has 4 amide bonds. The van der Waals surface area contributed by atoms with Gasteiger partial charge in [0.15, 0.2) is 6.04 Å². The maximum Gasteiger partial charge on any atom is 0.538 e. The second-order valence-electron chi connectivity index (χ2n) is 10.0. The molecule has 230 valence electrons. The van der Waals surface area contributed by atoms with Gasteiger partial charge in [-0.25, -0.2) is 0 Å². The number of para-hydroxylation sites is 1. The Kier molecular flexibility index (Phi) is 13.3. The van der Waals surface area contributed by atoms with Gasteiger partial charge in [0.05, 0.1) is 11.9 Å². The molecule has 0 saturated carbocycles. The third kappa shape index (κ3) is 10.0. The predicted octanol–water partition coefficient (Wildman–Crippen LogP) is 0.567. The van der Waals surface area contributed by atoms with Gasteiger partial charge < -0.3 is 36.5 Å². The molecule has 42 heavy (non-hydrogen) atoms. The number of nitrogens with one attached hydrogen (secondary N) is 5. The van der Waals surface area contributed by atoms with Crippen LogP contribution >= 0.6 is 27.7 Å². The number of aromatic amines is 1. The van der Waals surface area contributed by atoms with E-state index in [1.54, 1.807) is 20.0 Å². The van der Waals surface area contributed by atoms with Crippen molar-refractivity contribution in [2.24, 2.45) is 5.92 Å². The minimum Gasteiger partial charge on any atom is -0.563 e. The lowest BCUT2D eigenvalue weighted by Crippen LogP contribution is -2.59. The molecule has 4 atom stereocenters. The number of rotatable bonds is 16. The van der Waals surface area contributed by atoms with E-state index in [1.807, 2.05) is 24.5 Å². The third-order valence-electron chi connectivity index (χ3n) is 6.37. The second-order valence-corrected chi connectivity index (χ2v) is 11.9. The van der Waals surface area contributed by atoms with Crippen LogP contribution in [0.1, 0.15) is 39.2 Å². The lowest BCUT2D eigenvalue weighted by molar-refractivity contribution is -0.143. The van der Waals surface area contributed by atoms with Crippen LogP contribution in [0.2, 0.25) is 0 Å². The molecule has 13 nitrogen and oxygen atoms in total. The number of benzene rings is 1. The van der Waals surface area contributed by atoms with Crippen LogP contribution in [0, 0.1) is 5.92 Å². The summed E-state index contributed by atoms with van der Waals surface area (Å²) in [6, 6.07) is 0.524. The van der Waals surface area contributed by atoms with Gasteiger partial charge >= 0.3 is 11.9 Å². The number of hydrogen-bond donors (Lipinski definition) is 6. The summed E-state index contributed by atoms with van der Waals surface area (Å²) in [7, 11) is 0. The van der Waals surface area contributed by atoms with Crippen molar-refractivity contribution < 1.29 is 39.0 Å². The molecular formula is C27H37BrN5O8S+. The molecule has 1 aromatic carbocycles. The molecule has 0 fully saturated rings. The van der Waals surface area contributed by atoms with Gasteiger partial charge in [0.1, 0.15) is 18.1 Å². The van der Waals surface area contributed by atoms with E-state index in [2.05, 4.69) is 42.2 Å². The monoisotopic (exact) mass is 670 g/mol. The average Bonchev–Trinajstić information content (AvgIpc) is 3.31. The first kappa shape index (κ1) is 34.6. The van der Waals surface area contributed by atoms with Gasteiger partial charge in [0.25, 0.3) is 0 Å². The molecule has 0 aliphatic carbocycles. The van der Waals surface area contributed by atoms with Crippen molar-refractivity contribution in [3.05, 3.63) is 34.4 Å². The van der Waals surface area contributed by atoms with E-state index in [-0.39, 0.29) is 12.8 Å². The van der Waals surface area contributed by atoms with Crippen LogP contribution in [0.25, 0.3) is 10.9 Å². The highest BCUT2D eigenvalue weighted by atomic mass is 79.9. The van der Waals surface area contributed by atoms with Crippen LogP contribution in [-0.2, 0) is 35.2 Å². The summed E-state index contributed by atoms with van der Waals surface area (Å²) in [6.07, 6.45) is 3.00. The number of aliphatic carboxylic acids is 1. The Morgan fingerprint density at radius 3 is 2.19 bits per heavy atom. The Morgan fingerprint density at radius 2 is 1.62 bits per heavy atom. The summed E-state index contributed by atoms with van der Waals surface area (Å²) in [4.78, 5) is 77.7. The highest BCUT2D eigenvalue weighted by Crippen LogP contribution is 2.26. The first-order chi connectivity index (χ1) is 19.7. The first-order valence-electron chi connectivity index (χ1n) is 13.1. The molecule has 0 saturated heterocycles. The van der Waals surface area contributed by atoms with Gasteiger partial charge in [-0.05, 0) is 51.9 Å². The normalized spacial score (nSPS) is 14.0. The third-order valence-corrected chi connectivity index (χ3v) is 7.68. The Balaban J connectivity index is 2.20. The summed E-state index contributed by atoms with van der Waals surface area (Å²) in [6.45, 7) is 4.51. The van der Waals surface area contributed by atoms with Gasteiger partial charge in [-0.3, -0.25) is 24.0 Å². The molecule has 0 bridgehead atoms. The van der Waals surface area contributed by atoms with Gasteiger partial charge in [0, 0.05) is 34.2 Å². The average molecular weight is 672 g/mol. The van der Waals surface area contributed by atoms with Crippen LogP contribution in [0.3, 0.4) is 0 Å². The summed E-state index contributed by atoms with van der Waals surface area (Å²) in [5.41, 5.74) is 1.49. The number of carboxylic acid groups (broad SMARTS) is 1. The minimum absolute atomic E-state index is 0.0154. The Morgan fingerprint density at radius 1 is 0.976 bits per heavy atom. The Bertz CT molecular complexity index is 1320. The van der Waals surface area contributed by atoms with Crippen LogP contribution in [0.15, 0.2) is 28.9 Å². The van der Waals surface area contributed by atoms with E-state index in [9.17, 15) is 33.9 Å². The van der Waals surface area contributed by atoms with E-state index in [0.29, 0.717) is 11.3 Å². The number of halogens is 1. The van der Waals surface area contributed by atoms with Crippen molar-refractivity contribution >= 4 is 74.2 Å². The van der Waals surface area contributed by atoms with Crippen LogP contribution in [-0.4, -0.2) is 86.9 Å². The van der Waals surface area contributed by atoms with Crippen LogP contribution in [0.5, 0.6) is 0 Å². The van der Waals surface area contributed by atoms with E-state index in [0.717, 1.165) is 15.4 Å². The largest absolute Gasteiger partial charge is 0.563 e. The number of fused-ring (bicyclic) bond motifs is 1. The van der Waals surface area contributed by atoms with E-state index < -0.39 is 72.1 Å². The number of carbonyl (C=O) groups excluding carboxylic acids is 5. The molecule has 0 unspecified atom stereocenters. The van der Waals surface area contributed by atoms with E-state index in [1.165, 1.54) is 18.7 Å². The van der Waals surface area contributed by atoms with Crippen molar-refractivity contribution in [1.29, 1.82) is 0 Å². The number of thioether (sulfide) groups is 1. The quantitative estimate of drug-likeness (QED) is 0.139. The summed E-state index contributed by atoms with van der Waals surface area (Å²) in [5.74, 6) is -5.27. The van der Waals surface area contributed by atoms with Crippen molar-refractivity contribution in [3.63, 3.8) is 0 Å². The second kappa shape index (κ2) is 16.2. The van der Waals surface area contributed by atoms with Gasteiger partial charge in [-0.1, -0.05) is 26.0 Å². The SMILES string of the molecule is CSCC[C@H](NC(C)=O)C(=O)N[C@@H](CC(=O)O)C(=O)N[C@H](C(=O)N[C@@H](Cc1c[nH]c2c(Br)cccc12)C(=O)[OH2+])C(C)C. The molecule has 1 heterocycles. The maximum absolute atomic E-state index is 13.3. The fraction of sp³-hybridized carbons (Fsp3) is 0.481. The highest BCUT2D eigenvalue weighted by molar-refractivity contribution is 9.10. The van der Waals surface area contributed by atoms with Gasteiger partial charge in [-0.2, -0.15) is 11.8 Å². The summed E-state index contributed by atoms with van der Waals surface area (Å²) < 4.78 is 0.808. The molecule has 8 N–H and O–H groups in total. The Labute approximate surface area is 255 Å². The molecule has 2 aromatic rings. The molecule has 2 rings (SSSR count). The number of H-pyrrole nitrogens is 1. The fourth-order valence-electron chi connectivity index (χ4n) is 4.23. The molecule has 0 spiro atoms. The van der Waals surface area contributed by atoms with Crippen molar-refractivity contribution in [3.8, 4) is 0 Å². The first-order valence-corrected chi connectivity index (χ1v) is 15.3. The molecule has 15 heteroatoms. The molecular weight excluding hydrogens is 634 g/mol. The standard InChI is InChI=1S/C27H36BrN5O8S/c1-13(2)22(26(39)32-20(27(40)41)10-15-12-29-23-16(15)6-5-7-17(23)28)33-25(38)19(11-21(35)36)31-24(37)18(8-9-42-4)30-14(3)34/h5-7,12-13,18-20,22,29H,8-11H2,1-4H3,(H,30,34)(H,31,37)(H,32,39)(H,33,38)(H,35,36)(H,40,41)/p+1/t18-,19-,20-,22-/m0/s1. The number of carboxylic acids is 1. The van der Waals surface area contributed by atoms with Crippen LogP contribution < -0.4 is 21.3 Å². The smallest absolute Gasteiger partial charge is 0.538 e. The summed E-state index contributed by atoms with van der Waals surface area (Å²) >= 11 is 4.89. The predicted molar refractivity (Wildman–Crippen MR) is 162 cm³/mol. The van der Waals surface area contributed by atoms with E-state index in [4.69, 9.17) is 5.11 Å². The molecule has 0 aliphatic heterocycles. The lowest BCUT2D eigenvalue weighted by atomic mass is 10.0. The molecule has 1 aromatic heterocycles. The molecule has 0 aliphatic rings. The number of hydrogen-bond acceptors (Lipinski definition) is 7.